The third kappa shape index (κ3) is 1.94. The number of hydrogen-bond donors (Lipinski definition) is 1. The Morgan fingerprint density at radius 3 is 3.18 bits per heavy atom. The van der Waals surface area contributed by atoms with Crippen molar-refractivity contribution in [3.8, 4) is 5.75 Å². The van der Waals surface area contributed by atoms with Crippen LogP contribution in [0.2, 0.25) is 0 Å². The molecule has 0 bridgehead atoms. The lowest BCUT2D eigenvalue weighted by atomic mass is 9.99. The number of aliphatic hydroxyl groups is 1. The van der Waals surface area contributed by atoms with Crippen molar-refractivity contribution in [1.82, 2.24) is 4.98 Å². The summed E-state index contributed by atoms with van der Waals surface area (Å²) in [5.41, 5.74) is 2.02. The molecule has 0 fully saturated rings. The number of ether oxygens (including phenoxy) is 1. The van der Waals surface area contributed by atoms with Gasteiger partial charge < -0.3 is 9.84 Å². The lowest BCUT2D eigenvalue weighted by Crippen LogP contribution is -2.12. The zero-order chi connectivity index (χ0) is 11.7. The Kier molecular flexibility index (Phi) is 2.82. The predicted octanol–water partition coefficient (Wildman–Crippen LogP) is 2.55. The van der Waals surface area contributed by atoms with Gasteiger partial charge in [-0.25, -0.2) is 4.98 Å². The second-order valence-corrected chi connectivity index (χ2v) is 4.99. The molecular formula is C13H13NO2S. The monoisotopic (exact) mass is 247 g/mol. The molecule has 88 valence electrons. The quantitative estimate of drug-likeness (QED) is 0.886. The first-order valence-corrected chi connectivity index (χ1v) is 6.56. The molecule has 1 atom stereocenters. The maximum atomic E-state index is 10.3. The second-order valence-electron chi connectivity index (χ2n) is 4.06. The van der Waals surface area contributed by atoms with E-state index in [2.05, 4.69) is 11.1 Å². The molecule has 0 amide bonds. The third-order valence-corrected chi connectivity index (χ3v) is 3.77. The van der Waals surface area contributed by atoms with Crippen molar-refractivity contribution in [2.75, 3.05) is 6.61 Å². The van der Waals surface area contributed by atoms with Gasteiger partial charge in [0.2, 0.25) is 0 Å². The van der Waals surface area contributed by atoms with Crippen molar-refractivity contribution < 1.29 is 9.84 Å². The largest absolute Gasteiger partial charge is 0.493 e. The topological polar surface area (TPSA) is 42.4 Å². The Morgan fingerprint density at radius 2 is 2.35 bits per heavy atom. The smallest absolute Gasteiger partial charge is 0.134 e. The average molecular weight is 247 g/mol. The Morgan fingerprint density at radius 1 is 1.41 bits per heavy atom. The SMILES string of the molecule is OC(c1nccs1)c1cccc2c1OCCC2. The second kappa shape index (κ2) is 4.47. The highest BCUT2D eigenvalue weighted by Gasteiger charge is 2.21. The average Bonchev–Trinajstić information content (AvgIpc) is 2.91. The van der Waals surface area contributed by atoms with Crippen LogP contribution in [-0.4, -0.2) is 16.7 Å². The minimum atomic E-state index is -0.678. The van der Waals surface area contributed by atoms with Gasteiger partial charge in [-0.2, -0.15) is 0 Å². The van der Waals surface area contributed by atoms with E-state index in [0.29, 0.717) is 5.01 Å². The van der Waals surface area contributed by atoms with Crippen LogP contribution in [0.15, 0.2) is 29.8 Å². The fourth-order valence-electron chi connectivity index (χ4n) is 2.13. The molecular weight excluding hydrogens is 234 g/mol. The molecule has 3 nitrogen and oxygen atoms in total. The summed E-state index contributed by atoms with van der Waals surface area (Å²) in [4.78, 5) is 4.15. The first-order chi connectivity index (χ1) is 8.36. The van der Waals surface area contributed by atoms with Crippen LogP contribution in [0.4, 0.5) is 0 Å². The van der Waals surface area contributed by atoms with Gasteiger partial charge in [-0.15, -0.1) is 11.3 Å². The molecule has 1 aliphatic rings. The van der Waals surface area contributed by atoms with Gasteiger partial charge in [-0.05, 0) is 18.4 Å². The van der Waals surface area contributed by atoms with E-state index in [-0.39, 0.29) is 0 Å². The number of thiazole rings is 1. The molecule has 2 aromatic rings. The molecule has 0 spiro atoms. The molecule has 0 radical (unpaired) electrons. The molecule has 2 heterocycles. The summed E-state index contributed by atoms with van der Waals surface area (Å²) < 4.78 is 5.69. The van der Waals surface area contributed by atoms with E-state index in [1.165, 1.54) is 16.9 Å². The van der Waals surface area contributed by atoms with Crippen molar-refractivity contribution >= 4 is 11.3 Å². The molecule has 0 aliphatic carbocycles. The van der Waals surface area contributed by atoms with Crippen LogP contribution in [-0.2, 0) is 6.42 Å². The van der Waals surface area contributed by atoms with Gasteiger partial charge >= 0.3 is 0 Å². The molecule has 1 aliphatic heterocycles. The van der Waals surface area contributed by atoms with Crippen molar-refractivity contribution in [2.24, 2.45) is 0 Å². The summed E-state index contributed by atoms with van der Waals surface area (Å²) in [5.74, 6) is 0.849. The minimum Gasteiger partial charge on any atom is -0.493 e. The van der Waals surface area contributed by atoms with E-state index < -0.39 is 6.10 Å². The van der Waals surface area contributed by atoms with Gasteiger partial charge in [0.15, 0.2) is 0 Å². The Balaban J connectivity index is 2.03. The molecule has 1 N–H and O–H groups in total. The predicted molar refractivity (Wildman–Crippen MR) is 66.4 cm³/mol. The summed E-state index contributed by atoms with van der Waals surface area (Å²) in [7, 11) is 0. The Bertz CT molecular complexity index is 510. The number of rotatable bonds is 2. The summed E-state index contributed by atoms with van der Waals surface area (Å²) in [6.45, 7) is 0.731. The van der Waals surface area contributed by atoms with Gasteiger partial charge in [0.25, 0.3) is 0 Å². The van der Waals surface area contributed by atoms with Crippen LogP contribution < -0.4 is 4.74 Å². The van der Waals surface area contributed by atoms with Crippen molar-refractivity contribution in [3.63, 3.8) is 0 Å². The minimum absolute atomic E-state index is 0.678. The highest BCUT2D eigenvalue weighted by molar-refractivity contribution is 7.09. The van der Waals surface area contributed by atoms with Gasteiger partial charge in [0, 0.05) is 17.1 Å². The normalized spacial score (nSPS) is 16.1. The molecule has 0 saturated heterocycles. The highest BCUT2D eigenvalue weighted by atomic mass is 32.1. The van der Waals surface area contributed by atoms with Crippen LogP contribution in [0.1, 0.15) is 28.7 Å². The number of aryl methyl sites for hydroxylation is 1. The van der Waals surface area contributed by atoms with E-state index in [0.717, 1.165) is 30.8 Å². The van der Waals surface area contributed by atoms with Crippen molar-refractivity contribution in [1.29, 1.82) is 0 Å². The number of aliphatic hydroxyl groups excluding tert-OH is 1. The van der Waals surface area contributed by atoms with Gasteiger partial charge in [-0.1, -0.05) is 18.2 Å². The fraction of sp³-hybridized carbons (Fsp3) is 0.308. The van der Waals surface area contributed by atoms with E-state index >= 15 is 0 Å². The summed E-state index contributed by atoms with van der Waals surface area (Å²) >= 11 is 1.46. The highest BCUT2D eigenvalue weighted by Crippen LogP contribution is 2.35. The first kappa shape index (κ1) is 10.7. The van der Waals surface area contributed by atoms with E-state index in [1.807, 2.05) is 17.5 Å². The van der Waals surface area contributed by atoms with Crippen molar-refractivity contribution in [2.45, 2.75) is 18.9 Å². The lowest BCUT2D eigenvalue weighted by molar-refractivity contribution is 0.206. The van der Waals surface area contributed by atoms with Crippen LogP contribution in [0.25, 0.3) is 0 Å². The lowest BCUT2D eigenvalue weighted by Gasteiger charge is -2.22. The molecule has 0 saturated carbocycles. The first-order valence-electron chi connectivity index (χ1n) is 5.68. The maximum absolute atomic E-state index is 10.3. The standard InChI is InChI=1S/C13H13NO2S/c15-11(13-14-6-8-17-13)10-5-1-3-9-4-2-7-16-12(9)10/h1,3,5-6,8,11,15H,2,4,7H2. The number of hydrogen-bond acceptors (Lipinski definition) is 4. The van der Waals surface area contributed by atoms with Crippen molar-refractivity contribution in [3.05, 3.63) is 45.9 Å². The van der Waals surface area contributed by atoms with Gasteiger partial charge in [0.1, 0.15) is 16.9 Å². The third-order valence-electron chi connectivity index (χ3n) is 2.94. The zero-order valence-corrected chi connectivity index (χ0v) is 10.1. The molecule has 1 unspecified atom stereocenters. The molecule has 3 rings (SSSR count). The van der Waals surface area contributed by atoms with Gasteiger partial charge in [-0.3, -0.25) is 0 Å². The number of nitrogens with zero attached hydrogens (tertiary/aromatic N) is 1. The van der Waals surface area contributed by atoms with Crippen LogP contribution in [0.3, 0.4) is 0 Å². The number of fused-ring (bicyclic) bond motifs is 1. The van der Waals surface area contributed by atoms with E-state index in [1.54, 1.807) is 6.20 Å². The van der Waals surface area contributed by atoms with Crippen LogP contribution >= 0.6 is 11.3 Å². The molecule has 17 heavy (non-hydrogen) atoms. The molecule has 4 heteroatoms. The maximum Gasteiger partial charge on any atom is 0.134 e. The summed E-state index contributed by atoms with van der Waals surface area (Å²) in [6.07, 6.45) is 3.10. The van der Waals surface area contributed by atoms with Crippen LogP contribution in [0.5, 0.6) is 5.75 Å². The molecule has 1 aromatic carbocycles. The van der Waals surface area contributed by atoms with Crippen LogP contribution in [0, 0.1) is 0 Å². The Labute approximate surface area is 104 Å². The summed E-state index contributed by atoms with van der Waals surface area (Å²) in [5, 5.41) is 12.9. The zero-order valence-electron chi connectivity index (χ0n) is 9.30. The molecule has 1 aromatic heterocycles. The fourth-order valence-corrected chi connectivity index (χ4v) is 2.77. The van der Waals surface area contributed by atoms with E-state index in [9.17, 15) is 5.11 Å². The number of para-hydroxylation sites is 1. The number of aromatic nitrogens is 1. The number of benzene rings is 1. The Hall–Kier alpha value is -1.39. The summed E-state index contributed by atoms with van der Waals surface area (Å²) in [6, 6.07) is 5.95. The van der Waals surface area contributed by atoms with E-state index in [4.69, 9.17) is 4.74 Å². The van der Waals surface area contributed by atoms with Gasteiger partial charge in [0.05, 0.1) is 6.61 Å².